The van der Waals surface area contributed by atoms with E-state index in [1.807, 2.05) is 6.07 Å². The molecule has 0 radical (unpaired) electrons. The third-order valence-corrected chi connectivity index (χ3v) is 2.99. The van der Waals surface area contributed by atoms with E-state index in [-0.39, 0.29) is 0 Å². The molecular weight excluding hydrogens is 180 g/mol. The summed E-state index contributed by atoms with van der Waals surface area (Å²) < 4.78 is 6.45. The molecule has 66 valence electrons. The number of benzene rings is 1. The number of aryl methyl sites for hydroxylation is 1. The van der Waals surface area contributed by atoms with Crippen molar-refractivity contribution in [1.82, 2.24) is 0 Å². The lowest BCUT2D eigenvalue weighted by molar-refractivity contribution is 0.415. The molecule has 1 heterocycles. The Hall–Kier alpha value is -1.15. The molecule has 2 rings (SSSR count). The molecule has 0 saturated carbocycles. The average molecular weight is 191 g/mol. The maximum Gasteiger partial charge on any atom is 0.241 e. The van der Waals surface area contributed by atoms with Crippen molar-refractivity contribution >= 4 is 21.4 Å². The second-order valence-corrected chi connectivity index (χ2v) is 3.91. The summed E-state index contributed by atoms with van der Waals surface area (Å²) in [7, 11) is 1.70. The van der Waals surface area contributed by atoms with Crippen molar-refractivity contribution in [1.29, 1.82) is 0 Å². The van der Waals surface area contributed by atoms with Crippen LogP contribution in [-0.2, 0) is 0 Å². The number of hydrogen-bond donors (Lipinski definition) is 0. The molecule has 0 aliphatic heterocycles. The first-order chi connectivity index (χ1) is 6.31. The number of methoxy groups -OCH3 is 1. The van der Waals surface area contributed by atoms with Crippen molar-refractivity contribution < 1.29 is 4.74 Å². The van der Waals surface area contributed by atoms with Gasteiger partial charge in [0.2, 0.25) is 16.0 Å². The molecule has 0 amide bonds. The van der Waals surface area contributed by atoms with Crippen LogP contribution in [0.2, 0.25) is 0 Å². The molecule has 0 fully saturated rings. The lowest BCUT2D eigenvalue weighted by Gasteiger charge is -1.98. The summed E-state index contributed by atoms with van der Waals surface area (Å²) in [5.41, 5.74) is 1.32. The SMILES string of the molecule is COc1ccc2c(C)cc[s+]c2c1. The Morgan fingerprint density at radius 2 is 2.08 bits per heavy atom. The van der Waals surface area contributed by atoms with Gasteiger partial charge in [-0.05, 0) is 30.7 Å². The largest absolute Gasteiger partial charge is 0.497 e. The molecule has 0 N–H and O–H groups in total. The molecule has 13 heavy (non-hydrogen) atoms. The number of rotatable bonds is 1. The minimum Gasteiger partial charge on any atom is -0.497 e. The van der Waals surface area contributed by atoms with E-state index < -0.39 is 0 Å². The zero-order valence-corrected chi connectivity index (χ0v) is 8.52. The van der Waals surface area contributed by atoms with Gasteiger partial charge in [-0.2, -0.15) is 0 Å². The van der Waals surface area contributed by atoms with Crippen LogP contribution in [0, 0.1) is 6.92 Å². The van der Waals surface area contributed by atoms with E-state index in [0.29, 0.717) is 0 Å². The molecule has 0 unspecified atom stereocenters. The fourth-order valence-electron chi connectivity index (χ4n) is 1.35. The first-order valence-corrected chi connectivity index (χ1v) is 5.04. The first kappa shape index (κ1) is 8.45. The zero-order chi connectivity index (χ0) is 9.26. The Kier molecular flexibility index (Phi) is 2.15. The smallest absolute Gasteiger partial charge is 0.241 e. The van der Waals surface area contributed by atoms with Gasteiger partial charge < -0.3 is 4.74 Å². The fraction of sp³-hybridized carbons (Fsp3) is 0.182. The maximum atomic E-state index is 5.17. The highest BCUT2D eigenvalue weighted by Gasteiger charge is 2.07. The normalized spacial score (nSPS) is 10.3. The summed E-state index contributed by atoms with van der Waals surface area (Å²) in [5.74, 6) is 0.925. The Balaban J connectivity index is 2.72. The van der Waals surface area contributed by atoms with E-state index in [2.05, 4.69) is 30.5 Å². The molecule has 2 aromatic rings. The highest BCUT2D eigenvalue weighted by atomic mass is 32.1. The fourth-order valence-corrected chi connectivity index (χ4v) is 2.31. The second kappa shape index (κ2) is 3.30. The number of ether oxygens (including phenoxy) is 1. The number of hydrogen-bond acceptors (Lipinski definition) is 1. The maximum absolute atomic E-state index is 5.17. The van der Waals surface area contributed by atoms with Gasteiger partial charge in [0.1, 0.15) is 5.75 Å². The summed E-state index contributed by atoms with van der Waals surface area (Å²) in [6, 6.07) is 8.33. The standard InChI is InChI=1S/C11H11OS/c1-8-5-6-13-11-7-9(12-2)3-4-10(8)11/h3-7H,1-2H3/q+1. The van der Waals surface area contributed by atoms with Gasteiger partial charge in [-0.25, -0.2) is 0 Å². The van der Waals surface area contributed by atoms with Gasteiger partial charge in [0.05, 0.1) is 7.11 Å². The van der Waals surface area contributed by atoms with Crippen LogP contribution in [0.25, 0.3) is 10.1 Å². The van der Waals surface area contributed by atoms with E-state index in [4.69, 9.17) is 4.74 Å². The first-order valence-electron chi connectivity index (χ1n) is 4.16. The molecular formula is C11H11OS+. The molecule has 1 nitrogen and oxygen atoms in total. The summed E-state index contributed by atoms with van der Waals surface area (Å²) in [6.45, 7) is 2.13. The molecule has 1 aromatic carbocycles. The third-order valence-electron chi connectivity index (χ3n) is 2.13. The van der Waals surface area contributed by atoms with Gasteiger partial charge in [-0.15, -0.1) is 0 Å². The third kappa shape index (κ3) is 1.49. The van der Waals surface area contributed by atoms with Crippen molar-refractivity contribution in [3.05, 3.63) is 35.2 Å². The van der Waals surface area contributed by atoms with Gasteiger partial charge in [-0.1, -0.05) is 0 Å². The topological polar surface area (TPSA) is 9.23 Å². The van der Waals surface area contributed by atoms with Gasteiger partial charge in [0.15, 0.2) is 5.38 Å². The quantitative estimate of drug-likeness (QED) is 0.627. The van der Waals surface area contributed by atoms with E-state index in [1.54, 1.807) is 18.4 Å². The van der Waals surface area contributed by atoms with Gasteiger partial charge in [0, 0.05) is 11.5 Å². The van der Waals surface area contributed by atoms with Crippen molar-refractivity contribution in [3.8, 4) is 5.75 Å². The van der Waals surface area contributed by atoms with E-state index in [0.717, 1.165) is 5.75 Å². The van der Waals surface area contributed by atoms with Crippen LogP contribution in [0.15, 0.2) is 29.6 Å². The van der Waals surface area contributed by atoms with Crippen LogP contribution in [-0.4, -0.2) is 7.11 Å². The highest BCUT2D eigenvalue weighted by Crippen LogP contribution is 2.26. The average Bonchev–Trinajstić information content (AvgIpc) is 2.18. The van der Waals surface area contributed by atoms with Crippen LogP contribution in [0.4, 0.5) is 0 Å². The molecule has 0 aliphatic rings. The van der Waals surface area contributed by atoms with Gasteiger partial charge in [-0.3, -0.25) is 0 Å². The van der Waals surface area contributed by atoms with Gasteiger partial charge in [0.25, 0.3) is 0 Å². The lowest BCUT2D eigenvalue weighted by Crippen LogP contribution is -1.82. The highest BCUT2D eigenvalue weighted by molar-refractivity contribution is 7.16. The zero-order valence-electron chi connectivity index (χ0n) is 7.70. The molecule has 0 bridgehead atoms. The van der Waals surface area contributed by atoms with Crippen LogP contribution in [0.5, 0.6) is 5.75 Å². The van der Waals surface area contributed by atoms with Crippen LogP contribution < -0.4 is 4.74 Å². The molecule has 0 saturated heterocycles. The van der Waals surface area contributed by atoms with Crippen molar-refractivity contribution in [3.63, 3.8) is 0 Å². The van der Waals surface area contributed by atoms with Crippen LogP contribution in [0.1, 0.15) is 5.56 Å². The molecule has 1 aromatic heterocycles. The van der Waals surface area contributed by atoms with Crippen LogP contribution >= 0.6 is 11.3 Å². The van der Waals surface area contributed by atoms with E-state index in [9.17, 15) is 0 Å². The van der Waals surface area contributed by atoms with Crippen LogP contribution in [0.3, 0.4) is 0 Å². The summed E-state index contributed by atoms with van der Waals surface area (Å²) in [5, 5.41) is 3.42. The minimum atomic E-state index is 0.925. The monoisotopic (exact) mass is 191 g/mol. The summed E-state index contributed by atoms with van der Waals surface area (Å²) in [4.78, 5) is 0. The van der Waals surface area contributed by atoms with E-state index >= 15 is 0 Å². The minimum absolute atomic E-state index is 0.925. The number of fused-ring (bicyclic) bond motifs is 1. The Morgan fingerprint density at radius 1 is 1.23 bits per heavy atom. The second-order valence-electron chi connectivity index (χ2n) is 2.97. The molecule has 0 atom stereocenters. The van der Waals surface area contributed by atoms with Crippen molar-refractivity contribution in [2.45, 2.75) is 6.92 Å². The predicted molar refractivity (Wildman–Crippen MR) is 57.5 cm³/mol. The van der Waals surface area contributed by atoms with Gasteiger partial charge >= 0.3 is 0 Å². The Bertz CT molecular complexity index is 437. The lowest BCUT2D eigenvalue weighted by atomic mass is 10.2. The molecule has 0 spiro atoms. The molecule has 0 aliphatic carbocycles. The Morgan fingerprint density at radius 3 is 2.85 bits per heavy atom. The van der Waals surface area contributed by atoms with Crippen molar-refractivity contribution in [2.24, 2.45) is 0 Å². The van der Waals surface area contributed by atoms with E-state index in [1.165, 1.54) is 15.6 Å². The predicted octanol–water partition coefficient (Wildman–Crippen LogP) is 3.50. The molecule has 2 heteroatoms. The van der Waals surface area contributed by atoms with Crippen molar-refractivity contribution in [2.75, 3.05) is 7.11 Å². The summed E-state index contributed by atoms with van der Waals surface area (Å²) >= 11 is 1.74. The summed E-state index contributed by atoms with van der Waals surface area (Å²) in [6.07, 6.45) is 0. The Labute approximate surface area is 81.6 Å².